The standard InChI is InChI=1S/C16H28N2O3S/c1-11(17-22(20)16(5,6)7)13-9-12(10-18(13)8)14(19)21-15(2,3)4/h9-11,17H,1-8H3. The van der Waals surface area contributed by atoms with E-state index in [0.717, 1.165) is 5.69 Å². The zero-order valence-corrected chi connectivity index (χ0v) is 15.6. The smallest absolute Gasteiger partial charge is 0.340 e. The van der Waals surface area contributed by atoms with Crippen LogP contribution < -0.4 is 4.72 Å². The van der Waals surface area contributed by atoms with Crippen LogP contribution in [0.1, 0.15) is 70.6 Å². The Hall–Kier alpha value is -1.14. The van der Waals surface area contributed by atoms with Crippen LogP contribution in [0.3, 0.4) is 0 Å². The molecule has 1 rings (SSSR count). The Kier molecular flexibility index (Phi) is 5.62. The molecule has 0 fully saturated rings. The molecule has 1 aromatic rings. The number of rotatable bonds is 4. The highest BCUT2D eigenvalue weighted by Crippen LogP contribution is 2.20. The molecule has 0 aliphatic carbocycles. The monoisotopic (exact) mass is 328 g/mol. The van der Waals surface area contributed by atoms with Crippen LogP contribution in [0.25, 0.3) is 0 Å². The summed E-state index contributed by atoms with van der Waals surface area (Å²) in [5.41, 5.74) is 0.867. The average Bonchev–Trinajstić information content (AvgIpc) is 2.67. The van der Waals surface area contributed by atoms with Crippen LogP contribution >= 0.6 is 0 Å². The van der Waals surface area contributed by atoms with Gasteiger partial charge in [-0.3, -0.25) is 0 Å². The predicted octanol–water partition coefficient (Wildman–Crippen LogP) is 3.09. The van der Waals surface area contributed by atoms with Crippen molar-refractivity contribution in [1.82, 2.24) is 9.29 Å². The van der Waals surface area contributed by atoms with Gasteiger partial charge in [0.25, 0.3) is 0 Å². The number of aromatic nitrogens is 1. The predicted molar refractivity (Wildman–Crippen MR) is 90.0 cm³/mol. The highest BCUT2D eigenvalue weighted by atomic mass is 32.2. The zero-order valence-electron chi connectivity index (χ0n) is 14.8. The van der Waals surface area contributed by atoms with E-state index < -0.39 is 16.6 Å². The van der Waals surface area contributed by atoms with Crippen LogP contribution in [0.5, 0.6) is 0 Å². The van der Waals surface area contributed by atoms with Gasteiger partial charge < -0.3 is 9.30 Å². The van der Waals surface area contributed by atoms with Crippen LogP contribution in [-0.2, 0) is 22.8 Å². The van der Waals surface area contributed by atoms with Crippen molar-refractivity contribution in [3.05, 3.63) is 23.5 Å². The average molecular weight is 328 g/mol. The lowest BCUT2D eigenvalue weighted by molar-refractivity contribution is 0.00695. The minimum atomic E-state index is -1.17. The van der Waals surface area contributed by atoms with Crippen molar-refractivity contribution in [2.24, 2.45) is 7.05 Å². The lowest BCUT2D eigenvalue weighted by Crippen LogP contribution is -2.35. The molecule has 0 saturated carbocycles. The molecule has 0 radical (unpaired) electrons. The second kappa shape index (κ2) is 6.54. The molecule has 0 aliphatic heterocycles. The molecule has 5 nitrogen and oxygen atoms in total. The molecule has 1 aromatic heterocycles. The maximum absolute atomic E-state index is 12.2. The highest BCUT2D eigenvalue weighted by Gasteiger charge is 2.24. The van der Waals surface area contributed by atoms with Crippen molar-refractivity contribution < 1.29 is 13.7 Å². The van der Waals surface area contributed by atoms with Gasteiger partial charge in [0.15, 0.2) is 0 Å². The van der Waals surface area contributed by atoms with Crippen molar-refractivity contribution in [3.63, 3.8) is 0 Å². The van der Waals surface area contributed by atoms with Crippen molar-refractivity contribution >= 4 is 17.0 Å². The molecular formula is C16H28N2O3S. The summed E-state index contributed by atoms with van der Waals surface area (Å²) >= 11 is 0. The van der Waals surface area contributed by atoms with Crippen LogP contribution in [0.4, 0.5) is 0 Å². The lowest BCUT2D eigenvalue weighted by atomic mass is 10.2. The Bertz CT molecular complexity index is 565. The van der Waals surface area contributed by atoms with Gasteiger partial charge in [-0.25, -0.2) is 13.7 Å². The van der Waals surface area contributed by atoms with Crippen LogP contribution in [0.2, 0.25) is 0 Å². The molecule has 6 heteroatoms. The first kappa shape index (κ1) is 18.9. The first-order chi connectivity index (χ1) is 9.81. The molecular weight excluding hydrogens is 300 g/mol. The van der Waals surface area contributed by atoms with E-state index in [2.05, 4.69) is 4.72 Å². The first-order valence-corrected chi connectivity index (χ1v) is 8.54. The first-order valence-electron chi connectivity index (χ1n) is 7.39. The highest BCUT2D eigenvalue weighted by molar-refractivity contribution is 7.84. The molecule has 22 heavy (non-hydrogen) atoms. The minimum absolute atomic E-state index is 0.138. The second-order valence-corrected chi connectivity index (χ2v) is 9.48. The van der Waals surface area contributed by atoms with Gasteiger partial charge in [-0.1, -0.05) is 0 Å². The Morgan fingerprint density at radius 1 is 1.27 bits per heavy atom. The molecule has 0 aliphatic rings. The zero-order chi connectivity index (χ0) is 17.3. The van der Waals surface area contributed by atoms with Gasteiger partial charge in [0.1, 0.15) is 5.60 Å². The van der Waals surface area contributed by atoms with Crippen molar-refractivity contribution in [1.29, 1.82) is 0 Å². The van der Waals surface area contributed by atoms with Crippen molar-refractivity contribution in [3.8, 4) is 0 Å². The number of carbonyl (C=O) groups excluding carboxylic acids is 1. The number of esters is 1. The van der Waals surface area contributed by atoms with Gasteiger partial charge in [0.05, 0.1) is 27.3 Å². The summed E-state index contributed by atoms with van der Waals surface area (Å²) in [7, 11) is 0.689. The van der Waals surface area contributed by atoms with E-state index in [1.54, 1.807) is 12.3 Å². The topological polar surface area (TPSA) is 60.3 Å². The summed E-state index contributed by atoms with van der Waals surface area (Å²) in [4.78, 5) is 12.1. The molecule has 0 aromatic carbocycles. The van der Waals surface area contributed by atoms with Crippen molar-refractivity contribution in [2.45, 2.75) is 64.9 Å². The number of ether oxygens (including phenoxy) is 1. The molecule has 2 atom stereocenters. The SMILES string of the molecule is CC(NS(=O)C(C)(C)C)c1cc(C(=O)OC(C)(C)C)cn1C. The largest absolute Gasteiger partial charge is 0.456 e. The van der Waals surface area contributed by atoms with E-state index in [1.807, 2.05) is 60.1 Å². The Balaban J connectivity index is 2.90. The van der Waals surface area contributed by atoms with E-state index in [1.165, 1.54) is 0 Å². The molecule has 1 heterocycles. The quantitative estimate of drug-likeness (QED) is 0.864. The van der Waals surface area contributed by atoms with Gasteiger partial charge in [0, 0.05) is 18.9 Å². The molecule has 0 amide bonds. The van der Waals surface area contributed by atoms with Crippen LogP contribution in [0, 0.1) is 0 Å². The molecule has 126 valence electrons. The van der Waals surface area contributed by atoms with Crippen molar-refractivity contribution in [2.75, 3.05) is 0 Å². The lowest BCUT2D eigenvalue weighted by Gasteiger charge is -2.22. The summed E-state index contributed by atoms with van der Waals surface area (Å²) < 4.78 is 22.2. The number of aryl methyl sites for hydroxylation is 1. The molecule has 2 unspecified atom stereocenters. The second-order valence-electron chi connectivity index (χ2n) is 7.49. The fourth-order valence-corrected chi connectivity index (χ4v) is 2.65. The number of nitrogens with one attached hydrogen (secondary N) is 1. The van der Waals surface area contributed by atoms with Gasteiger partial charge in [-0.05, 0) is 54.5 Å². The number of carbonyl (C=O) groups is 1. The molecule has 0 spiro atoms. The summed E-state index contributed by atoms with van der Waals surface area (Å²) in [6.45, 7) is 13.2. The summed E-state index contributed by atoms with van der Waals surface area (Å²) in [5.74, 6) is -0.349. The third-order valence-electron chi connectivity index (χ3n) is 2.96. The van der Waals surface area contributed by atoms with Gasteiger partial charge in [-0.15, -0.1) is 0 Å². The van der Waals surface area contributed by atoms with E-state index in [4.69, 9.17) is 4.74 Å². The molecule has 0 saturated heterocycles. The van der Waals surface area contributed by atoms with Gasteiger partial charge >= 0.3 is 5.97 Å². The number of hydrogen-bond donors (Lipinski definition) is 1. The molecule has 1 N–H and O–H groups in total. The number of nitrogens with zero attached hydrogens (tertiary/aromatic N) is 1. The maximum atomic E-state index is 12.2. The Morgan fingerprint density at radius 2 is 1.82 bits per heavy atom. The third kappa shape index (κ3) is 5.25. The van der Waals surface area contributed by atoms with E-state index in [9.17, 15) is 9.00 Å². The normalized spacial score (nSPS) is 15.5. The summed E-state index contributed by atoms with van der Waals surface area (Å²) in [6, 6.07) is 1.65. The van der Waals surface area contributed by atoms with E-state index >= 15 is 0 Å². The van der Waals surface area contributed by atoms with Crippen LogP contribution in [-0.4, -0.2) is 25.1 Å². The Labute approximate surface area is 136 Å². The molecule has 0 bridgehead atoms. The Morgan fingerprint density at radius 3 is 2.27 bits per heavy atom. The summed E-state index contributed by atoms with van der Waals surface area (Å²) in [5, 5.41) is 0. The van der Waals surface area contributed by atoms with Crippen LogP contribution in [0.15, 0.2) is 12.3 Å². The van der Waals surface area contributed by atoms with Gasteiger partial charge in [0.2, 0.25) is 0 Å². The van der Waals surface area contributed by atoms with Gasteiger partial charge in [-0.2, -0.15) is 0 Å². The van der Waals surface area contributed by atoms with E-state index in [-0.39, 0.29) is 16.8 Å². The number of hydrogen-bond acceptors (Lipinski definition) is 3. The summed E-state index contributed by atoms with van der Waals surface area (Å²) in [6.07, 6.45) is 1.74. The maximum Gasteiger partial charge on any atom is 0.340 e. The third-order valence-corrected chi connectivity index (χ3v) is 4.64. The minimum Gasteiger partial charge on any atom is -0.456 e. The fraction of sp³-hybridized carbons (Fsp3) is 0.688. The van der Waals surface area contributed by atoms with E-state index in [0.29, 0.717) is 5.56 Å². The fourth-order valence-electron chi connectivity index (χ4n) is 1.86.